The van der Waals surface area contributed by atoms with Crippen LogP contribution in [0.2, 0.25) is 0 Å². The number of rotatable bonds is 6. The van der Waals surface area contributed by atoms with Gasteiger partial charge in [0.15, 0.2) is 11.5 Å². The van der Waals surface area contributed by atoms with Crippen molar-refractivity contribution in [3.8, 4) is 23.0 Å². The van der Waals surface area contributed by atoms with Crippen LogP contribution in [0.15, 0.2) is 36.5 Å². The lowest BCUT2D eigenvalue weighted by Gasteiger charge is -2.13. The maximum Gasteiger partial charge on any atom is 0.213 e. The molecule has 0 spiro atoms. The van der Waals surface area contributed by atoms with Crippen LogP contribution in [0.25, 0.3) is 10.9 Å². The minimum atomic E-state index is -4.09. The first-order chi connectivity index (χ1) is 13.2. The Morgan fingerprint density at radius 1 is 1.00 bits per heavy atom. The molecule has 7 nitrogen and oxygen atoms in total. The molecule has 1 heterocycles. The summed E-state index contributed by atoms with van der Waals surface area (Å²) in [6, 6.07) is 6.55. The third-order valence-corrected chi connectivity index (χ3v) is 4.59. The molecule has 0 unspecified atom stereocenters. The van der Waals surface area contributed by atoms with Gasteiger partial charge in [0.1, 0.15) is 23.1 Å². The fourth-order valence-corrected chi connectivity index (χ4v) is 3.32. The summed E-state index contributed by atoms with van der Waals surface area (Å²) in [4.78, 5) is 4.21. The summed E-state index contributed by atoms with van der Waals surface area (Å²) >= 11 is 0. The van der Waals surface area contributed by atoms with E-state index in [2.05, 4.69) is 4.98 Å². The second-order valence-electron chi connectivity index (χ2n) is 5.81. The van der Waals surface area contributed by atoms with Crippen LogP contribution < -0.4 is 19.3 Å². The molecule has 2 N–H and O–H groups in total. The molecule has 0 atom stereocenters. The first kappa shape index (κ1) is 19.8. The average molecular weight is 410 g/mol. The van der Waals surface area contributed by atoms with Gasteiger partial charge in [0.2, 0.25) is 10.0 Å². The van der Waals surface area contributed by atoms with Crippen LogP contribution in [-0.2, 0) is 15.8 Å². The van der Waals surface area contributed by atoms with E-state index in [-0.39, 0.29) is 11.5 Å². The SMILES string of the molecule is COc1cc2nccc(Oc3cc(F)c(CS(N)(=O)=O)c(F)c3)c2cc1OC. The van der Waals surface area contributed by atoms with Gasteiger partial charge in [-0.1, -0.05) is 0 Å². The molecule has 2 aromatic carbocycles. The van der Waals surface area contributed by atoms with Crippen molar-refractivity contribution in [2.24, 2.45) is 5.14 Å². The molecule has 3 rings (SSSR count). The number of nitrogens with two attached hydrogens (primary N) is 1. The third-order valence-electron chi connectivity index (χ3n) is 3.89. The van der Waals surface area contributed by atoms with Crippen LogP contribution in [-0.4, -0.2) is 27.6 Å². The number of hydrogen-bond donors (Lipinski definition) is 1. The average Bonchev–Trinajstić information content (AvgIpc) is 2.63. The van der Waals surface area contributed by atoms with Crippen molar-refractivity contribution in [2.75, 3.05) is 14.2 Å². The number of halogens is 2. The van der Waals surface area contributed by atoms with E-state index in [0.717, 1.165) is 12.1 Å². The number of ether oxygens (including phenoxy) is 3. The fourth-order valence-electron chi connectivity index (χ4n) is 2.64. The summed E-state index contributed by atoms with van der Waals surface area (Å²) < 4.78 is 66.7. The van der Waals surface area contributed by atoms with Gasteiger partial charge in [-0.15, -0.1) is 0 Å². The van der Waals surface area contributed by atoms with Crippen LogP contribution in [0.5, 0.6) is 23.0 Å². The van der Waals surface area contributed by atoms with E-state index in [4.69, 9.17) is 19.3 Å². The van der Waals surface area contributed by atoms with Gasteiger partial charge in [0.25, 0.3) is 0 Å². The van der Waals surface area contributed by atoms with Gasteiger partial charge in [0.05, 0.1) is 25.5 Å². The molecule has 28 heavy (non-hydrogen) atoms. The van der Waals surface area contributed by atoms with Gasteiger partial charge in [-0.2, -0.15) is 0 Å². The summed E-state index contributed by atoms with van der Waals surface area (Å²) in [6.07, 6.45) is 1.46. The standard InChI is InChI=1S/C18H16F2N2O5S/c1-25-17-7-11-15(8-18(17)26-2)22-4-3-16(11)27-10-5-13(19)12(14(20)6-10)9-28(21,23)24/h3-8H,9H2,1-2H3,(H2,21,23,24). The number of aromatic nitrogens is 1. The Balaban J connectivity index is 2.03. The van der Waals surface area contributed by atoms with Gasteiger partial charge in [-0.25, -0.2) is 22.3 Å². The Labute approximate surface area is 159 Å². The molecule has 0 fully saturated rings. The normalized spacial score (nSPS) is 11.5. The minimum absolute atomic E-state index is 0.157. The zero-order chi connectivity index (χ0) is 20.5. The number of pyridine rings is 1. The molecule has 0 amide bonds. The van der Waals surface area contributed by atoms with Crippen LogP contribution in [0.3, 0.4) is 0 Å². The Hall–Kier alpha value is -2.98. The number of primary sulfonamides is 1. The van der Waals surface area contributed by atoms with E-state index in [0.29, 0.717) is 22.4 Å². The van der Waals surface area contributed by atoms with Gasteiger partial charge in [-0.05, 0) is 12.1 Å². The minimum Gasteiger partial charge on any atom is -0.493 e. The van der Waals surface area contributed by atoms with Crippen LogP contribution in [0.4, 0.5) is 8.78 Å². The molecule has 0 saturated heterocycles. The van der Waals surface area contributed by atoms with E-state index in [1.165, 1.54) is 26.5 Å². The number of benzene rings is 2. The van der Waals surface area contributed by atoms with E-state index in [1.807, 2.05) is 0 Å². The first-order valence-electron chi connectivity index (χ1n) is 7.89. The topological polar surface area (TPSA) is 101 Å². The van der Waals surface area contributed by atoms with Gasteiger partial charge in [-0.3, -0.25) is 4.98 Å². The fraction of sp³-hybridized carbons (Fsp3) is 0.167. The molecule has 148 valence electrons. The zero-order valence-electron chi connectivity index (χ0n) is 14.9. The number of nitrogens with zero attached hydrogens (tertiary/aromatic N) is 1. The molecule has 1 aromatic heterocycles. The maximum atomic E-state index is 14.2. The van der Waals surface area contributed by atoms with Gasteiger partial charge in [0, 0.05) is 35.3 Å². The molecular weight excluding hydrogens is 394 g/mol. The van der Waals surface area contributed by atoms with Crippen molar-refractivity contribution in [1.82, 2.24) is 4.98 Å². The van der Waals surface area contributed by atoms with E-state index >= 15 is 0 Å². The Morgan fingerprint density at radius 3 is 2.18 bits per heavy atom. The number of hydrogen-bond acceptors (Lipinski definition) is 6. The lowest BCUT2D eigenvalue weighted by molar-refractivity contribution is 0.355. The van der Waals surface area contributed by atoms with Crippen LogP contribution in [0.1, 0.15) is 5.56 Å². The second kappa shape index (κ2) is 7.56. The maximum absolute atomic E-state index is 14.2. The van der Waals surface area contributed by atoms with Crippen molar-refractivity contribution in [3.63, 3.8) is 0 Å². The molecular formula is C18H16F2N2O5S. The second-order valence-corrected chi connectivity index (χ2v) is 7.42. The molecule has 3 aromatic rings. The first-order valence-corrected chi connectivity index (χ1v) is 9.60. The zero-order valence-corrected chi connectivity index (χ0v) is 15.7. The lowest BCUT2D eigenvalue weighted by atomic mass is 10.1. The van der Waals surface area contributed by atoms with E-state index < -0.39 is 33.0 Å². The van der Waals surface area contributed by atoms with Gasteiger partial charge >= 0.3 is 0 Å². The summed E-state index contributed by atoms with van der Waals surface area (Å²) in [6.45, 7) is 0. The van der Waals surface area contributed by atoms with Crippen LogP contribution >= 0.6 is 0 Å². The van der Waals surface area contributed by atoms with Crippen molar-refractivity contribution in [2.45, 2.75) is 5.75 Å². The molecule has 0 radical (unpaired) electrons. The Bertz CT molecular complexity index is 1130. The monoisotopic (exact) mass is 410 g/mol. The summed E-state index contributed by atoms with van der Waals surface area (Å²) in [5.74, 6) is -2.12. The quantitative estimate of drug-likeness (QED) is 0.670. The highest BCUT2D eigenvalue weighted by atomic mass is 32.2. The van der Waals surface area contributed by atoms with Crippen molar-refractivity contribution < 1.29 is 31.4 Å². The highest BCUT2D eigenvalue weighted by Crippen LogP contribution is 2.37. The largest absolute Gasteiger partial charge is 0.493 e. The van der Waals surface area contributed by atoms with Crippen molar-refractivity contribution in [3.05, 3.63) is 53.7 Å². The number of sulfonamides is 1. The van der Waals surface area contributed by atoms with Crippen molar-refractivity contribution >= 4 is 20.9 Å². The van der Waals surface area contributed by atoms with Gasteiger partial charge < -0.3 is 14.2 Å². The van der Waals surface area contributed by atoms with Crippen LogP contribution in [0, 0.1) is 11.6 Å². The highest BCUT2D eigenvalue weighted by molar-refractivity contribution is 7.88. The number of methoxy groups -OCH3 is 2. The lowest BCUT2D eigenvalue weighted by Crippen LogP contribution is -2.16. The van der Waals surface area contributed by atoms with Crippen molar-refractivity contribution in [1.29, 1.82) is 0 Å². The Kier molecular flexibility index (Phi) is 5.34. The Morgan fingerprint density at radius 2 is 1.61 bits per heavy atom. The highest BCUT2D eigenvalue weighted by Gasteiger charge is 2.18. The number of fused-ring (bicyclic) bond motifs is 1. The third kappa shape index (κ3) is 4.12. The molecule has 0 aliphatic carbocycles. The summed E-state index contributed by atoms with van der Waals surface area (Å²) in [5.41, 5.74) is -0.136. The molecule has 10 heteroatoms. The molecule has 0 saturated carbocycles. The van der Waals surface area contributed by atoms with E-state index in [9.17, 15) is 17.2 Å². The summed E-state index contributed by atoms with van der Waals surface area (Å²) in [5, 5.41) is 5.38. The molecule has 0 bridgehead atoms. The van der Waals surface area contributed by atoms with E-state index in [1.54, 1.807) is 12.1 Å². The smallest absolute Gasteiger partial charge is 0.213 e. The summed E-state index contributed by atoms with van der Waals surface area (Å²) in [7, 11) is -1.14. The molecule has 0 aliphatic rings. The predicted molar refractivity (Wildman–Crippen MR) is 98.1 cm³/mol. The predicted octanol–water partition coefficient (Wildman–Crippen LogP) is 3.11. The molecule has 0 aliphatic heterocycles.